The van der Waals surface area contributed by atoms with Crippen molar-refractivity contribution in [2.75, 3.05) is 7.05 Å². The van der Waals surface area contributed by atoms with Gasteiger partial charge in [0, 0.05) is 23.1 Å². The highest BCUT2D eigenvalue weighted by molar-refractivity contribution is 5.93. The number of hydrogen-bond donors (Lipinski definition) is 1. The van der Waals surface area contributed by atoms with Gasteiger partial charge in [-0.2, -0.15) is 13.2 Å². The van der Waals surface area contributed by atoms with E-state index in [1.165, 1.54) is 7.05 Å². The third-order valence-electron chi connectivity index (χ3n) is 2.24. The Balaban J connectivity index is 3.09. The quantitative estimate of drug-likeness (QED) is 0.668. The summed E-state index contributed by atoms with van der Waals surface area (Å²) >= 11 is 0. The van der Waals surface area contributed by atoms with Gasteiger partial charge in [0.25, 0.3) is 5.91 Å². The monoisotopic (exact) mass is 262 g/mol. The van der Waals surface area contributed by atoms with E-state index in [-0.39, 0.29) is 5.56 Å². The van der Waals surface area contributed by atoms with Crippen molar-refractivity contribution in [3.63, 3.8) is 0 Å². The van der Waals surface area contributed by atoms with Gasteiger partial charge in [0.1, 0.15) is 0 Å². The SMILES string of the molecule is CNC(=O)c1ccc(C([N+](=O)[O-])C(F)(F)F)cc1. The van der Waals surface area contributed by atoms with Gasteiger partial charge in [0.15, 0.2) is 0 Å². The molecule has 0 saturated carbocycles. The van der Waals surface area contributed by atoms with Gasteiger partial charge in [0.05, 0.1) is 0 Å². The van der Waals surface area contributed by atoms with E-state index in [2.05, 4.69) is 5.32 Å². The molecule has 0 aliphatic carbocycles. The molecule has 1 atom stereocenters. The van der Waals surface area contributed by atoms with Crippen LogP contribution in [0.1, 0.15) is 22.0 Å². The van der Waals surface area contributed by atoms with Crippen LogP contribution in [0.15, 0.2) is 24.3 Å². The third-order valence-corrected chi connectivity index (χ3v) is 2.24. The molecule has 0 aliphatic heterocycles. The molecule has 0 aliphatic rings. The van der Waals surface area contributed by atoms with E-state index in [4.69, 9.17) is 0 Å². The molecule has 0 radical (unpaired) electrons. The largest absolute Gasteiger partial charge is 0.462 e. The topological polar surface area (TPSA) is 72.2 Å². The highest BCUT2D eigenvalue weighted by Crippen LogP contribution is 2.35. The lowest BCUT2D eigenvalue weighted by molar-refractivity contribution is -0.570. The van der Waals surface area contributed by atoms with E-state index in [1.807, 2.05) is 0 Å². The Morgan fingerprint density at radius 1 is 1.33 bits per heavy atom. The lowest BCUT2D eigenvalue weighted by Gasteiger charge is -2.13. The standard InChI is InChI=1S/C10H9F3N2O3/c1-14-9(16)7-4-2-6(3-5-7)8(15(17)18)10(11,12)13/h2-5,8H,1H3,(H,14,16). The van der Waals surface area contributed by atoms with Crippen molar-refractivity contribution >= 4 is 5.91 Å². The van der Waals surface area contributed by atoms with Crippen molar-refractivity contribution in [2.45, 2.75) is 12.2 Å². The maximum Gasteiger partial charge on any atom is 0.462 e. The number of nitrogens with one attached hydrogen (secondary N) is 1. The number of alkyl halides is 3. The molecule has 1 aromatic carbocycles. The first-order valence-electron chi connectivity index (χ1n) is 4.79. The number of rotatable bonds is 3. The number of carbonyl (C=O) groups is 1. The molecule has 5 nitrogen and oxygen atoms in total. The number of benzene rings is 1. The average Bonchev–Trinajstić information content (AvgIpc) is 2.26. The lowest BCUT2D eigenvalue weighted by Crippen LogP contribution is -2.28. The second kappa shape index (κ2) is 5.03. The van der Waals surface area contributed by atoms with Crippen LogP contribution in [-0.4, -0.2) is 24.1 Å². The van der Waals surface area contributed by atoms with Crippen molar-refractivity contribution < 1.29 is 22.9 Å². The Hall–Kier alpha value is -2.12. The fourth-order valence-corrected chi connectivity index (χ4v) is 1.39. The van der Waals surface area contributed by atoms with Crippen molar-refractivity contribution in [2.24, 2.45) is 0 Å². The van der Waals surface area contributed by atoms with E-state index in [0.717, 1.165) is 24.3 Å². The minimum Gasteiger partial charge on any atom is -0.355 e. The summed E-state index contributed by atoms with van der Waals surface area (Å²) in [6.07, 6.45) is -4.97. The van der Waals surface area contributed by atoms with Gasteiger partial charge in [-0.15, -0.1) is 0 Å². The van der Waals surface area contributed by atoms with Gasteiger partial charge in [-0.05, 0) is 12.1 Å². The van der Waals surface area contributed by atoms with Crippen LogP contribution in [0.2, 0.25) is 0 Å². The van der Waals surface area contributed by atoms with E-state index in [1.54, 1.807) is 0 Å². The minimum absolute atomic E-state index is 0.130. The van der Waals surface area contributed by atoms with Crippen molar-refractivity contribution in [1.82, 2.24) is 5.32 Å². The summed E-state index contributed by atoms with van der Waals surface area (Å²) in [7, 11) is 1.37. The molecule has 0 saturated heterocycles. The van der Waals surface area contributed by atoms with Gasteiger partial charge < -0.3 is 5.32 Å². The Morgan fingerprint density at radius 2 is 1.83 bits per heavy atom. The molecule has 1 unspecified atom stereocenters. The van der Waals surface area contributed by atoms with E-state index in [9.17, 15) is 28.1 Å². The maximum atomic E-state index is 12.5. The number of carbonyl (C=O) groups excluding carboxylic acids is 1. The van der Waals surface area contributed by atoms with Crippen LogP contribution in [0.3, 0.4) is 0 Å². The van der Waals surface area contributed by atoms with Crippen molar-refractivity contribution in [1.29, 1.82) is 0 Å². The predicted octanol–water partition coefficient (Wildman–Crippen LogP) is 1.93. The molecule has 8 heteroatoms. The molecule has 0 aromatic heterocycles. The first-order chi connectivity index (χ1) is 8.27. The summed E-state index contributed by atoms with van der Waals surface area (Å²) in [4.78, 5) is 20.2. The van der Waals surface area contributed by atoms with Crippen LogP contribution >= 0.6 is 0 Å². The molecule has 1 aromatic rings. The highest BCUT2D eigenvalue weighted by Gasteiger charge is 2.50. The van der Waals surface area contributed by atoms with Gasteiger partial charge in [-0.1, -0.05) is 12.1 Å². The molecule has 1 amide bonds. The van der Waals surface area contributed by atoms with Crippen LogP contribution < -0.4 is 5.32 Å². The van der Waals surface area contributed by atoms with Gasteiger partial charge >= 0.3 is 12.2 Å². The first-order valence-corrected chi connectivity index (χ1v) is 4.79. The minimum atomic E-state index is -4.97. The van der Waals surface area contributed by atoms with Crippen LogP contribution in [0.4, 0.5) is 13.2 Å². The molecule has 1 N–H and O–H groups in total. The van der Waals surface area contributed by atoms with E-state index < -0.39 is 28.6 Å². The molecule has 1 rings (SSSR count). The summed E-state index contributed by atoms with van der Waals surface area (Å²) in [6, 6.07) is 1.28. The second-order valence-corrected chi connectivity index (χ2v) is 3.43. The first kappa shape index (κ1) is 13.9. The van der Waals surface area contributed by atoms with Crippen LogP contribution in [0.5, 0.6) is 0 Å². The number of amides is 1. The highest BCUT2D eigenvalue weighted by atomic mass is 19.4. The Labute approximate surface area is 99.8 Å². The lowest BCUT2D eigenvalue weighted by atomic mass is 10.0. The number of hydrogen-bond acceptors (Lipinski definition) is 3. The zero-order valence-electron chi connectivity index (χ0n) is 9.19. The molecular weight excluding hydrogens is 253 g/mol. The van der Waals surface area contributed by atoms with Crippen LogP contribution in [0.25, 0.3) is 0 Å². The molecule has 98 valence electrons. The molecule has 0 spiro atoms. The summed E-state index contributed by atoms with van der Waals surface area (Å²) in [5, 5.41) is 12.7. The smallest absolute Gasteiger partial charge is 0.355 e. The fourth-order valence-electron chi connectivity index (χ4n) is 1.39. The van der Waals surface area contributed by atoms with Gasteiger partial charge in [0.2, 0.25) is 0 Å². The van der Waals surface area contributed by atoms with Gasteiger partial charge in [-0.25, -0.2) is 0 Å². The summed E-state index contributed by atoms with van der Waals surface area (Å²) in [6.45, 7) is 0. The zero-order chi connectivity index (χ0) is 13.9. The molecule has 0 fully saturated rings. The van der Waals surface area contributed by atoms with Crippen molar-refractivity contribution in [3.8, 4) is 0 Å². The third kappa shape index (κ3) is 2.96. The summed E-state index contributed by atoms with van der Waals surface area (Å²) in [5.74, 6) is -0.480. The molecule has 18 heavy (non-hydrogen) atoms. The Morgan fingerprint density at radius 3 is 2.17 bits per heavy atom. The molecule has 0 bridgehead atoms. The Kier molecular flexibility index (Phi) is 3.89. The predicted molar refractivity (Wildman–Crippen MR) is 55.6 cm³/mol. The molecule has 0 heterocycles. The maximum absolute atomic E-state index is 12.5. The summed E-state index contributed by atoms with van der Waals surface area (Å²) < 4.78 is 37.4. The molecular formula is C10H9F3N2O3. The fraction of sp³-hybridized carbons (Fsp3) is 0.300. The van der Waals surface area contributed by atoms with E-state index in [0.29, 0.717) is 0 Å². The van der Waals surface area contributed by atoms with E-state index >= 15 is 0 Å². The second-order valence-electron chi connectivity index (χ2n) is 3.43. The summed E-state index contributed by atoms with van der Waals surface area (Å²) in [5.41, 5.74) is -0.384. The van der Waals surface area contributed by atoms with Crippen LogP contribution in [0, 0.1) is 10.1 Å². The van der Waals surface area contributed by atoms with Gasteiger partial charge in [-0.3, -0.25) is 14.9 Å². The normalized spacial score (nSPS) is 12.9. The van der Waals surface area contributed by atoms with Crippen molar-refractivity contribution in [3.05, 3.63) is 45.5 Å². The zero-order valence-corrected chi connectivity index (χ0v) is 9.19. The number of nitrogens with zero attached hydrogens (tertiary/aromatic N) is 1. The average molecular weight is 262 g/mol. The Bertz CT molecular complexity index is 456. The number of nitro groups is 1. The van der Waals surface area contributed by atoms with Crippen LogP contribution in [-0.2, 0) is 0 Å². The number of halogens is 3.